The van der Waals surface area contributed by atoms with Crippen molar-refractivity contribution in [2.75, 3.05) is 14.1 Å². The van der Waals surface area contributed by atoms with Crippen molar-refractivity contribution in [1.29, 1.82) is 0 Å². The fraction of sp³-hybridized carbons (Fsp3) is 0.500. The second kappa shape index (κ2) is 3.90. The molecular formula is C6H11NO3. The summed E-state index contributed by atoms with van der Waals surface area (Å²) >= 11 is 0. The van der Waals surface area contributed by atoms with Gasteiger partial charge >= 0.3 is 6.16 Å². The Labute approximate surface area is 59.7 Å². The van der Waals surface area contributed by atoms with Crippen LogP contribution in [0.25, 0.3) is 0 Å². The van der Waals surface area contributed by atoms with E-state index in [1.165, 1.54) is 6.08 Å². The number of ether oxygens (including phenoxy) is 1. The molecule has 0 saturated heterocycles. The second-order valence-electron chi connectivity index (χ2n) is 1.97. The molecule has 58 valence electrons. The fourth-order valence-corrected chi connectivity index (χ4v) is 0.468. The van der Waals surface area contributed by atoms with Crippen LogP contribution >= 0.6 is 0 Å². The number of carboxylic acid groups (broad SMARTS) is 1. The molecule has 0 aromatic rings. The predicted molar refractivity (Wildman–Crippen MR) is 36.8 cm³/mol. The average Bonchev–Trinajstić information content (AvgIpc) is 1.81. The van der Waals surface area contributed by atoms with Crippen molar-refractivity contribution in [3.05, 3.63) is 12.7 Å². The minimum Gasteiger partial charge on any atom is -0.450 e. The molecule has 0 amide bonds. The molecule has 1 N–H and O–H groups in total. The van der Waals surface area contributed by atoms with Crippen LogP contribution < -0.4 is 0 Å². The second-order valence-corrected chi connectivity index (χ2v) is 1.97. The van der Waals surface area contributed by atoms with Crippen LogP contribution in [0, 0.1) is 0 Å². The van der Waals surface area contributed by atoms with Gasteiger partial charge < -0.3 is 9.84 Å². The minimum atomic E-state index is -1.29. The molecule has 1 atom stereocenters. The van der Waals surface area contributed by atoms with E-state index in [0.717, 1.165) is 0 Å². The zero-order chi connectivity index (χ0) is 8.15. The molecule has 0 fully saturated rings. The summed E-state index contributed by atoms with van der Waals surface area (Å²) in [6.45, 7) is 3.41. The Morgan fingerprint density at radius 3 is 2.40 bits per heavy atom. The van der Waals surface area contributed by atoms with E-state index in [2.05, 4.69) is 11.3 Å². The van der Waals surface area contributed by atoms with E-state index in [4.69, 9.17) is 5.11 Å². The van der Waals surface area contributed by atoms with Gasteiger partial charge in [0.25, 0.3) is 0 Å². The summed E-state index contributed by atoms with van der Waals surface area (Å²) in [7, 11) is 3.41. The van der Waals surface area contributed by atoms with Crippen molar-refractivity contribution in [2.24, 2.45) is 0 Å². The van der Waals surface area contributed by atoms with Crippen molar-refractivity contribution < 1.29 is 14.6 Å². The molecule has 4 heteroatoms. The van der Waals surface area contributed by atoms with E-state index in [0.29, 0.717) is 0 Å². The summed E-state index contributed by atoms with van der Waals surface area (Å²) in [5.74, 6) is 0. The maximum Gasteiger partial charge on any atom is 0.507 e. The lowest BCUT2D eigenvalue weighted by atomic mass is 10.5. The third-order valence-corrected chi connectivity index (χ3v) is 0.932. The van der Waals surface area contributed by atoms with Crippen LogP contribution in [0.4, 0.5) is 4.79 Å². The summed E-state index contributed by atoms with van der Waals surface area (Å²) in [5.41, 5.74) is 0. The molecule has 0 aromatic carbocycles. The predicted octanol–water partition coefficient (Wildman–Crippen LogP) is 0.755. The van der Waals surface area contributed by atoms with Gasteiger partial charge in [-0.05, 0) is 20.2 Å². The Hall–Kier alpha value is -1.03. The zero-order valence-corrected chi connectivity index (χ0v) is 6.07. The first-order chi connectivity index (χ1) is 4.57. The number of hydrogen-bond donors (Lipinski definition) is 1. The van der Waals surface area contributed by atoms with Gasteiger partial charge in [-0.3, -0.25) is 4.90 Å². The Kier molecular flexibility index (Phi) is 3.49. The van der Waals surface area contributed by atoms with Crippen molar-refractivity contribution in [2.45, 2.75) is 6.23 Å². The van der Waals surface area contributed by atoms with Gasteiger partial charge in [-0.15, -0.1) is 0 Å². The molecular weight excluding hydrogens is 134 g/mol. The van der Waals surface area contributed by atoms with Crippen LogP contribution in [-0.2, 0) is 4.74 Å². The third-order valence-electron chi connectivity index (χ3n) is 0.932. The van der Waals surface area contributed by atoms with E-state index in [-0.39, 0.29) is 0 Å². The Balaban J connectivity index is 3.83. The Morgan fingerprint density at radius 2 is 2.30 bits per heavy atom. The molecule has 0 bridgehead atoms. The van der Waals surface area contributed by atoms with E-state index in [9.17, 15) is 4.79 Å². The van der Waals surface area contributed by atoms with Gasteiger partial charge in [-0.1, -0.05) is 6.58 Å². The van der Waals surface area contributed by atoms with Gasteiger partial charge in [0.15, 0.2) is 6.23 Å². The van der Waals surface area contributed by atoms with E-state index >= 15 is 0 Å². The summed E-state index contributed by atoms with van der Waals surface area (Å²) in [6.07, 6.45) is -0.440. The lowest BCUT2D eigenvalue weighted by molar-refractivity contribution is 0.0135. The molecule has 0 heterocycles. The summed E-state index contributed by atoms with van der Waals surface area (Å²) in [6, 6.07) is 0. The molecule has 0 rings (SSSR count). The largest absolute Gasteiger partial charge is 0.507 e. The summed E-state index contributed by atoms with van der Waals surface area (Å²) < 4.78 is 4.39. The van der Waals surface area contributed by atoms with Crippen LogP contribution in [0.5, 0.6) is 0 Å². The van der Waals surface area contributed by atoms with Gasteiger partial charge in [-0.2, -0.15) is 0 Å². The Bertz CT molecular complexity index is 133. The maximum atomic E-state index is 9.98. The van der Waals surface area contributed by atoms with Gasteiger partial charge in [0.1, 0.15) is 0 Å². The number of carbonyl (C=O) groups is 1. The van der Waals surface area contributed by atoms with Crippen LogP contribution in [0.3, 0.4) is 0 Å². The number of rotatable bonds is 3. The Morgan fingerprint density at radius 1 is 1.80 bits per heavy atom. The molecule has 10 heavy (non-hydrogen) atoms. The van der Waals surface area contributed by atoms with Gasteiger partial charge in [0.2, 0.25) is 0 Å². The van der Waals surface area contributed by atoms with Gasteiger partial charge in [0.05, 0.1) is 0 Å². The van der Waals surface area contributed by atoms with Crippen molar-refractivity contribution >= 4 is 6.16 Å². The highest BCUT2D eigenvalue weighted by atomic mass is 16.7. The first-order valence-corrected chi connectivity index (χ1v) is 2.76. The first kappa shape index (κ1) is 8.97. The molecule has 4 nitrogen and oxygen atoms in total. The minimum absolute atomic E-state index is 0.558. The zero-order valence-electron chi connectivity index (χ0n) is 6.07. The number of likely N-dealkylation sites (N-methyl/N-ethyl adjacent to an activating group) is 1. The number of nitrogens with zero attached hydrogens (tertiary/aromatic N) is 1. The smallest absolute Gasteiger partial charge is 0.450 e. The van der Waals surface area contributed by atoms with Crippen LogP contribution in [0.2, 0.25) is 0 Å². The first-order valence-electron chi connectivity index (χ1n) is 2.76. The SMILES string of the molecule is C=CC(OC(=O)O)N(C)C. The molecule has 0 radical (unpaired) electrons. The molecule has 0 aliphatic heterocycles. The quantitative estimate of drug-likeness (QED) is 0.362. The lowest BCUT2D eigenvalue weighted by Gasteiger charge is -2.18. The molecule has 1 unspecified atom stereocenters. The maximum absolute atomic E-state index is 9.98. The molecule has 0 aliphatic rings. The molecule has 0 aromatic heterocycles. The lowest BCUT2D eigenvalue weighted by Crippen LogP contribution is -2.30. The normalized spacial score (nSPS) is 12.7. The summed E-state index contributed by atoms with van der Waals surface area (Å²) in [4.78, 5) is 11.6. The topological polar surface area (TPSA) is 49.8 Å². The monoisotopic (exact) mass is 145 g/mol. The number of hydrogen-bond acceptors (Lipinski definition) is 3. The van der Waals surface area contributed by atoms with E-state index < -0.39 is 12.4 Å². The molecule has 0 spiro atoms. The standard InChI is InChI=1S/C6H11NO3/c1-4-5(7(2)3)10-6(8)9/h4-5H,1H2,2-3H3,(H,8,9). The van der Waals surface area contributed by atoms with Crippen molar-refractivity contribution in [3.8, 4) is 0 Å². The van der Waals surface area contributed by atoms with Crippen molar-refractivity contribution in [1.82, 2.24) is 4.90 Å². The van der Waals surface area contributed by atoms with Gasteiger partial charge in [-0.25, -0.2) is 4.79 Å². The molecule has 0 saturated carbocycles. The highest BCUT2D eigenvalue weighted by Crippen LogP contribution is 1.96. The highest BCUT2D eigenvalue weighted by molar-refractivity contribution is 5.57. The summed E-state index contributed by atoms with van der Waals surface area (Å²) in [5, 5.41) is 8.17. The van der Waals surface area contributed by atoms with Crippen LogP contribution in [0.15, 0.2) is 12.7 Å². The van der Waals surface area contributed by atoms with Crippen LogP contribution in [0.1, 0.15) is 0 Å². The average molecular weight is 145 g/mol. The van der Waals surface area contributed by atoms with Crippen LogP contribution in [-0.4, -0.2) is 36.5 Å². The fourth-order valence-electron chi connectivity index (χ4n) is 0.468. The highest BCUT2D eigenvalue weighted by Gasteiger charge is 2.10. The van der Waals surface area contributed by atoms with Gasteiger partial charge in [0, 0.05) is 0 Å². The van der Waals surface area contributed by atoms with E-state index in [1.54, 1.807) is 19.0 Å². The third kappa shape index (κ3) is 3.09. The van der Waals surface area contributed by atoms with E-state index in [1.807, 2.05) is 0 Å². The van der Waals surface area contributed by atoms with Crippen molar-refractivity contribution in [3.63, 3.8) is 0 Å². The molecule has 0 aliphatic carbocycles.